The maximum Gasteiger partial charge on any atom is 0.173 e. The molecule has 0 aliphatic carbocycles. The van der Waals surface area contributed by atoms with Crippen molar-refractivity contribution in [2.24, 2.45) is 0 Å². The Balaban J connectivity index is 1.98. The maximum atomic E-state index is 5.35. The zero-order chi connectivity index (χ0) is 13.9. The first-order chi connectivity index (χ1) is 9.79. The van der Waals surface area contributed by atoms with Crippen LogP contribution in [0.4, 0.5) is 0 Å². The average molecular weight is 330 g/mol. The number of likely N-dealkylation sites (N-methyl/N-ethyl adjacent to an activating group) is 1. The molecule has 2 aromatic carbocycles. The summed E-state index contributed by atoms with van der Waals surface area (Å²) >= 11 is 3.46. The molecule has 3 aromatic rings. The molecular weight excluding hydrogens is 314 g/mol. The van der Waals surface area contributed by atoms with Crippen molar-refractivity contribution in [3.63, 3.8) is 0 Å². The van der Waals surface area contributed by atoms with Gasteiger partial charge in [0, 0.05) is 11.6 Å². The predicted molar refractivity (Wildman–Crippen MR) is 85.9 cm³/mol. The first kappa shape index (κ1) is 13.4. The van der Waals surface area contributed by atoms with Crippen molar-refractivity contribution in [3.05, 3.63) is 70.6 Å². The molecule has 0 aliphatic heterocycles. The Kier molecular flexibility index (Phi) is 3.90. The Bertz CT molecular complexity index is 714. The molecule has 0 saturated carbocycles. The normalized spacial score (nSPS) is 12.7. The fourth-order valence-electron chi connectivity index (χ4n) is 2.61. The zero-order valence-electron chi connectivity index (χ0n) is 11.3. The number of furan rings is 1. The van der Waals surface area contributed by atoms with Gasteiger partial charge in [0.05, 0.1) is 6.26 Å². The van der Waals surface area contributed by atoms with Crippen molar-refractivity contribution in [3.8, 4) is 0 Å². The largest absolute Gasteiger partial charge is 0.457 e. The van der Waals surface area contributed by atoms with Crippen LogP contribution in [0.3, 0.4) is 0 Å². The topological polar surface area (TPSA) is 25.2 Å². The molecule has 0 amide bonds. The van der Waals surface area contributed by atoms with E-state index in [9.17, 15) is 0 Å². The Labute approximate surface area is 126 Å². The number of rotatable bonds is 4. The van der Waals surface area contributed by atoms with Gasteiger partial charge in [-0.1, -0.05) is 42.5 Å². The van der Waals surface area contributed by atoms with Gasteiger partial charge < -0.3 is 9.73 Å². The molecule has 1 unspecified atom stereocenters. The lowest BCUT2D eigenvalue weighted by Crippen LogP contribution is -2.18. The van der Waals surface area contributed by atoms with E-state index in [-0.39, 0.29) is 6.04 Å². The van der Waals surface area contributed by atoms with Gasteiger partial charge in [0.2, 0.25) is 0 Å². The molecule has 102 valence electrons. The molecule has 3 rings (SSSR count). The standard InChI is InChI=1S/C17H16BrNO/c1-19-16(15-9-10-20-17(15)18)11-13-7-4-6-12-5-2-3-8-14(12)13/h2-10,16,19H,11H2,1H3. The molecule has 0 spiro atoms. The summed E-state index contributed by atoms with van der Waals surface area (Å²) in [5.41, 5.74) is 2.50. The zero-order valence-corrected chi connectivity index (χ0v) is 12.9. The van der Waals surface area contributed by atoms with E-state index >= 15 is 0 Å². The van der Waals surface area contributed by atoms with Gasteiger partial charge in [-0.2, -0.15) is 0 Å². The van der Waals surface area contributed by atoms with Crippen LogP contribution in [0.15, 0.2) is 63.9 Å². The van der Waals surface area contributed by atoms with Crippen LogP contribution < -0.4 is 5.32 Å². The molecular formula is C17H16BrNO. The van der Waals surface area contributed by atoms with Crippen LogP contribution in [-0.4, -0.2) is 7.05 Å². The summed E-state index contributed by atoms with van der Waals surface area (Å²) in [7, 11) is 1.98. The lowest BCUT2D eigenvalue weighted by atomic mass is 9.96. The number of hydrogen-bond donors (Lipinski definition) is 1. The van der Waals surface area contributed by atoms with Gasteiger partial charge in [0.1, 0.15) is 0 Å². The van der Waals surface area contributed by atoms with E-state index in [1.165, 1.54) is 16.3 Å². The summed E-state index contributed by atoms with van der Waals surface area (Å²) < 4.78 is 6.15. The monoisotopic (exact) mass is 329 g/mol. The number of fused-ring (bicyclic) bond motifs is 1. The van der Waals surface area contributed by atoms with Gasteiger partial charge in [0.25, 0.3) is 0 Å². The summed E-state index contributed by atoms with van der Waals surface area (Å²) in [5.74, 6) is 0. The van der Waals surface area contributed by atoms with Crippen molar-refractivity contribution < 1.29 is 4.42 Å². The van der Waals surface area contributed by atoms with Crippen LogP contribution in [-0.2, 0) is 6.42 Å². The van der Waals surface area contributed by atoms with Gasteiger partial charge in [-0.15, -0.1) is 0 Å². The van der Waals surface area contributed by atoms with E-state index in [2.05, 4.69) is 63.7 Å². The van der Waals surface area contributed by atoms with E-state index in [1.54, 1.807) is 6.26 Å². The van der Waals surface area contributed by atoms with Crippen LogP contribution in [0.5, 0.6) is 0 Å². The van der Waals surface area contributed by atoms with Gasteiger partial charge in [-0.25, -0.2) is 0 Å². The molecule has 0 aliphatic rings. The summed E-state index contributed by atoms with van der Waals surface area (Å²) in [5, 5.41) is 5.97. The van der Waals surface area contributed by atoms with Gasteiger partial charge in [-0.05, 0) is 51.8 Å². The number of halogens is 1. The van der Waals surface area contributed by atoms with E-state index in [4.69, 9.17) is 4.42 Å². The van der Waals surface area contributed by atoms with Crippen LogP contribution in [0.25, 0.3) is 10.8 Å². The highest BCUT2D eigenvalue weighted by Gasteiger charge is 2.16. The third-order valence-electron chi connectivity index (χ3n) is 3.67. The summed E-state index contributed by atoms with van der Waals surface area (Å²) in [6.45, 7) is 0. The van der Waals surface area contributed by atoms with Crippen molar-refractivity contribution in [1.82, 2.24) is 5.32 Å². The second kappa shape index (κ2) is 5.81. The molecule has 0 fully saturated rings. The van der Waals surface area contributed by atoms with Gasteiger partial charge in [0.15, 0.2) is 4.67 Å². The third kappa shape index (κ3) is 2.51. The number of benzene rings is 2. The van der Waals surface area contributed by atoms with E-state index < -0.39 is 0 Å². The molecule has 0 saturated heterocycles. The lowest BCUT2D eigenvalue weighted by molar-refractivity contribution is 0.518. The number of nitrogens with one attached hydrogen (secondary N) is 1. The second-order valence-corrected chi connectivity index (χ2v) is 5.55. The minimum Gasteiger partial charge on any atom is -0.457 e. The van der Waals surface area contributed by atoms with Crippen LogP contribution in [0, 0.1) is 0 Å². The smallest absolute Gasteiger partial charge is 0.173 e. The average Bonchev–Trinajstić information content (AvgIpc) is 2.91. The molecule has 1 aromatic heterocycles. The van der Waals surface area contributed by atoms with E-state index in [1.807, 2.05) is 13.1 Å². The van der Waals surface area contributed by atoms with Crippen LogP contribution >= 0.6 is 15.9 Å². The molecule has 1 N–H and O–H groups in total. The van der Waals surface area contributed by atoms with Crippen LogP contribution in [0.1, 0.15) is 17.2 Å². The Hall–Kier alpha value is -1.58. The summed E-state index contributed by atoms with van der Waals surface area (Å²) in [6.07, 6.45) is 2.64. The van der Waals surface area contributed by atoms with E-state index in [0.717, 1.165) is 16.7 Å². The van der Waals surface area contributed by atoms with Crippen molar-refractivity contribution in [2.45, 2.75) is 12.5 Å². The third-order valence-corrected chi connectivity index (χ3v) is 4.32. The Morgan fingerprint density at radius 1 is 1.10 bits per heavy atom. The molecule has 1 atom stereocenters. The molecule has 20 heavy (non-hydrogen) atoms. The van der Waals surface area contributed by atoms with Crippen molar-refractivity contribution in [1.29, 1.82) is 0 Å². The molecule has 3 heteroatoms. The fourth-order valence-corrected chi connectivity index (χ4v) is 3.13. The molecule has 0 radical (unpaired) electrons. The van der Waals surface area contributed by atoms with Crippen LogP contribution in [0.2, 0.25) is 0 Å². The predicted octanol–water partition coefficient (Wildman–Crippen LogP) is 4.70. The minimum absolute atomic E-state index is 0.230. The Morgan fingerprint density at radius 3 is 2.65 bits per heavy atom. The summed E-state index contributed by atoms with van der Waals surface area (Å²) in [6, 6.07) is 17.2. The van der Waals surface area contributed by atoms with Gasteiger partial charge >= 0.3 is 0 Å². The SMILES string of the molecule is CNC(Cc1cccc2ccccc12)c1ccoc1Br. The van der Waals surface area contributed by atoms with Crippen molar-refractivity contribution in [2.75, 3.05) is 7.05 Å². The minimum atomic E-state index is 0.230. The van der Waals surface area contributed by atoms with Gasteiger partial charge in [-0.3, -0.25) is 0 Å². The first-order valence-electron chi connectivity index (χ1n) is 6.66. The van der Waals surface area contributed by atoms with E-state index in [0.29, 0.717) is 0 Å². The molecule has 2 nitrogen and oxygen atoms in total. The molecule has 0 bridgehead atoms. The number of hydrogen-bond acceptors (Lipinski definition) is 2. The highest BCUT2D eigenvalue weighted by Crippen LogP contribution is 2.29. The molecule has 1 heterocycles. The second-order valence-electron chi connectivity index (χ2n) is 4.83. The quantitative estimate of drug-likeness (QED) is 0.750. The Morgan fingerprint density at radius 2 is 1.90 bits per heavy atom. The van der Waals surface area contributed by atoms with Crippen molar-refractivity contribution >= 4 is 26.7 Å². The highest BCUT2D eigenvalue weighted by molar-refractivity contribution is 9.10. The highest BCUT2D eigenvalue weighted by atomic mass is 79.9. The maximum absolute atomic E-state index is 5.35. The lowest BCUT2D eigenvalue weighted by Gasteiger charge is -2.16. The fraction of sp³-hybridized carbons (Fsp3) is 0.176. The first-order valence-corrected chi connectivity index (χ1v) is 7.45. The summed E-state index contributed by atoms with van der Waals surface area (Å²) in [4.78, 5) is 0.